The predicted molar refractivity (Wildman–Crippen MR) is 163 cm³/mol. The number of ether oxygens (including phenoxy) is 2. The highest BCUT2D eigenvalue weighted by Gasteiger charge is 2.32. The van der Waals surface area contributed by atoms with Crippen molar-refractivity contribution in [3.63, 3.8) is 0 Å². The average molecular weight is 575 g/mol. The maximum atomic E-state index is 14.0. The summed E-state index contributed by atoms with van der Waals surface area (Å²) in [6, 6.07) is 30.1. The van der Waals surface area contributed by atoms with Crippen LogP contribution in [-0.4, -0.2) is 11.7 Å². The standard InChI is InChI=1S/C35H27FN2O3S/c1-40-27-10-6-9-24(20-27)33-29-18-15-23-7-2-4-11-28(23)32(29)37-35-38(33)34(39)31(42-35)19-22-13-16-26(17-14-22)41-21-25-8-3-5-12-30(25)36/h2-14,16-17,19-20,33H,15,18,21H2,1H3/b31-19+/t33-/m0/s1. The third-order valence-electron chi connectivity index (χ3n) is 7.81. The second-order valence-electron chi connectivity index (χ2n) is 10.3. The zero-order valence-corrected chi connectivity index (χ0v) is 23.7. The molecule has 0 radical (unpaired) electrons. The summed E-state index contributed by atoms with van der Waals surface area (Å²) >= 11 is 1.40. The van der Waals surface area contributed by atoms with Crippen molar-refractivity contribution in [1.82, 2.24) is 4.57 Å². The number of nitrogens with zero attached hydrogens (tertiary/aromatic N) is 2. The molecular weight excluding hydrogens is 547 g/mol. The van der Waals surface area contributed by atoms with E-state index in [1.54, 1.807) is 25.3 Å². The molecule has 1 atom stereocenters. The fourth-order valence-electron chi connectivity index (χ4n) is 5.72. The van der Waals surface area contributed by atoms with Crippen molar-refractivity contribution >= 4 is 23.1 Å². The summed E-state index contributed by atoms with van der Waals surface area (Å²) in [5.74, 6) is 1.09. The van der Waals surface area contributed by atoms with Crippen molar-refractivity contribution in [1.29, 1.82) is 0 Å². The Hall–Kier alpha value is -4.75. The van der Waals surface area contributed by atoms with E-state index in [4.69, 9.17) is 14.5 Å². The minimum Gasteiger partial charge on any atom is -0.497 e. The molecule has 1 aliphatic carbocycles. The molecule has 208 valence electrons. The Balaban J connectivity index is 1.28. The lowest BCUT2D eigenvalue weighted by Crippen LogP contribution is -2.38. The number of thiazole rings is 1. The van der Waals surface area contributed by atoms with Gasteiger partial charge >= 0.3 is 0 Å². The maximum absolute atomic E-state index is 14.0. The lowest BCUT2D eigenvalue weighted by Gasteiger charge is -2.31. The molecule has 0 amide bonds. The van der Waals surface area contributed by atoms with Gasteiger partial charge in [0, 0.05) is 11.1 Å². The minimum atomic E-state index is -0.290. The molecule has 1 aromatic heterocycles. The van der Waals surface area contributed by atoms with Gasteiger partial charge in [0.2, 0.25) is 0 Å². The molecule has 5 nitrogen and oxygen atoms in total. The monoisotopic (exact) mass is 574 g/mol. The largest absolute Gasteiger partial charge is 0.497 e. The van der Waals surface area contributed by atoms with Crippen LogP contribution in [0.15, 0.2) is 112 Å². The molecule has 0 spiro atoms. The quantitative estimate of drug-likeness (QED) is 0.248. The fourth-order valence-corrected chi connectivity index (χ4v) is 6.72. The highest BCUT2D eigenvalue weighted by Crippen LogP contribution is 2.41. The number of aryl methyl sites for hydroxylation is 1. The molecule has 2 aliphatic rings. The number of fused-ring (bicyclic) bond motifs is 3. The third-order valence-corrected chi connectivity index (χ3v) is 8.80. The van der Waals surface area contributed by atoms with Crippen LogP contribution in [0.5, 0.6) is 11.5 Å². The molecule has 0 saturated heterocycles. The van der Waals surface area contributed by atoms with Gasteiger partial charge in [0.1, 0.15) is 23.9 Å². The summed E-state index contributed by atoms with van der Waals surface area (Å²) in [7, 11) is 1.66. The maximum Gasteiger partial charge on any atom is 0.271 e. The first-order valence-corrected chi connectivity index (χ1v) is 14.6. The van der Waals surface area contributed by atoms with Gasteiger partial charge < -0.3 is 9.47 Å². The number of benzene rings is 4. The number of halogens is 1. The van der Waals surface area contributed by atoms with Crippen molar-refractivity contribution in [2.45, 2.75) is 25.5 Å². The molecule has 7 heteroatoms. The second-order valence-corrected chi connectivity index (χ2v) is 11.3. The summed E-state index contributed by atoms with van der Waals surface area (Å²) in [6.07, 6.45) is 3.63. The average Bonchev–Trinajstić information content (AvgIpc) is 3.34. The van der Waals surface area contributed by atoms with Crippen molar-refractivity contribution in [2.75, 3.05) is 7.11 Å². The first-order valence-electron chi connectivity index (χ1n) is 13.8. The van der Waals surface area contributed by atoms with E-state index in [1.807, 2.05) is 59.2 Å². The third kappa shape index (κ3) is 4.76. The zero-order chi connectivity index (χ0) is 28.6. The Labute approximate surface area is 246 Å². The topological polar surface area (TPSA) is 52.8 Å². The van der Waals surface area contributed by atoms with Crippen LogP contribution in [0.25, 0.3) is 11.8 Å². The molecule has 0 unspecified atom stereocenters. The molecule has 4 aromatic carbocycles. The summed E-state index contributed by atoms with van der Waals surface area (Å²) in [4.78, 5) is 19.8. The Bertz CT molecular complexity index is 2020. The van der Waals surface area contributed by atoms with E-state index in [-0.39, 0.29) is 24.0 Å². The fraction of sp³-hybridized carbons (Fsp3) is 0.143. The van der Waals surface area contributed by atoms with Crippen molar-refractivity contribution in [3.8, 4) is 11.5 Å². The normalized spacial score (nSPS) is 15.9. The van der Waals surface area contributed by atoms with Crippen LogP contribution in [0.3, 0.4) is 0 Å². The summed E-state index contributed by atoms with van der Waals surface area (Å²) in [5, 5.41) is 0. The molecule has 42 heavy (non-hydrogen) atoms. The van der Waals surface area contributed by atoms with Crippen LogP contribution in [-0.2, 0) is 13.0 Å². The van der Waals surface area contributed by atoms with Gasteiger partial charge in [0.25, 0.3) is 5.56 Å². The van der Waals surface area contributed by atoms with E-state index in [2.05, 4.69) is 24.3 Å². The van der Waals surface area contributed by atoms with E-state index >= 15 is 0 Å². The van der Waals surface area contributed by atoms with Crippen molar-refractivity contribution in [3.05, 3.63) is 156 Å². The van der Waals surface area contributed by atoms with Gasteiger partial charge in [0.05, 0.1) is 23.4 Å². The van der Waals surface area contributed by atoms with Crippen LogP contribution in [0.2, 0.25) is 0 Å². The Kier molecular flexibility index (Phi) is 6.80. The van der Waals surface area contributed by atoms with Crippen molar-refractivity contribution < 1.29 is 13.9 Å². The molecule has 0 saturated carbocycles. The number of rotatable bonds is 6. The van der Waals surface area contributed by atoms with Crippen molar-refractivity contribution in [2.24, 2.45) is 4.99 Å². The highest BCUT2D eigenvalue weighted by molar-refractivity contribution is 7.07. The summed E-state index contributed by atoms with van der Waals surface area (Å²) in [6.45, 7) is 0.142. The van der Waals surface area contributed by atoms with Crippen LogP contribution in [0, 0.1) is 5.82 Å². The van der Waals surface area contributed by atoms with Gasteiger partial charge in [-0.25, -0.2) is 9.38 Å². The van der Waals surface area contributed by atoms with Gasteiger partial charge in [-0.15, -0.1) is 0 Å². The van der Waals surface area contributed by atoms with Gasteiger partial charge in [-0.05, 0) is 71.5 Å². The predicted octanol–water partition coefficient (Wildman–Crippen LogP) is 6.05. The minimum absolute atomic E-state index is 0.0724. The number of hydrogen-bond acceptors (Lipinski definition) is 5. The van der Waals surface area contributed by atoms with E-state index < -0.39 is 0 Å². The second kappa shape index (κ2) is 10.9. The van der Waals surface area contributed by atoms with E-state index in [1.165, 1.54) is 23.0 Å². The first kappa shape index (κ1) is 26.2. The highest BCUT2D eigenvalue weighted by atomic mass is 32.1. The summed E-state index contributed by atoms with van der Waals surface area (Å²) in [5.41, 5.74) is 6.82. The van der Waals surface area contributed by atoms with Crippen LogP contribution >= 0.6 is 11.3 Å². The molecule has 0 bridgehead atoms. The number of allylic oxidation sites excluding steroid dienone is 1. The molecule has 7 rings (SSSR count). The number of methoxy groups -OCH3 is 1. The lowest BCUT2D eigenvalue weighted by atomic mass is 9.83. The SMILES string of the molecule is COc1cccc([C@H]2C3=C(N=c4s/c(=C/c5ccc(OCc6ccccc6F)cc5)c(=O)n42)c2ccccc2CC3)c1. The molecule has 0 N–H and O–H groups in total. The van der Waals surface area contributed by atoms with Crippen LogP contribution in [0.1, 0.15) is 40.3 Å². The molecule has 2 heterocycles. The lowest BCUT2D eigenvalue weighted by molar-refractivity contribution is 0.300. The molecule has 5 aromatic rings. The van der Waals surface area contributed by atoms with Gasteiger partial charge in [0.15, 0.2) is 4.80 Å². The number of aromatic nitrogens is 1. The van der Waals surface area contributed by atoms with Crippen LogP contribution in [0.4, 0.5) is 4.39 Å². The number of hydrogen-bond donors (Lipinski definition) is 0. The molecular formula is C35H27FN2O3S. The smallest absolute Gasteiger partial charge is 0.271 e. The Morgan fingerprint density at radius 2 is 1.76 bits per heavy atom. The summed E-state index contributed by atoms with van der Waals surface area (Å²) < 4.78 is 27.7. The van der Waals surface area contributed by atoms with E-state index in [0.29, 0.717) is 20.6 Å². The Morgan fingerprint density at radius 3 is 2.60 bits per heavy atom. The molecule has 0 fully saturated rings. The Morgan fingerprint density at radius 1 is 0.952 bits per heavy atom. The zero-order valence-electron chi connectivity index (χ0n) is 22.9. The van der Waals surface area contributed by atoms with Gasteiger partial charge in [-0.3, -0.25) is 9.36 Å². The van der Waals surface area contributed by atoms with E-state index in [0.717, 1.165) is 46.6 Å². The van der Waals surface area contributed by atoms with Gasteiger partial charge in [-0.2, -0.15) is 0 Å². The van der Waals surface area contributed by atoms with Crippen LogP contribution < -0.4 is 24.4 Å². The molecule has 1 aliphatic heterocycles. The van der Waals surface area contributed by atoms with Gasteiger partial charge in [-0.1, -0.05) is 78.1 Å². The first-order chi connectivity index (χ1) is 20.6. The van der Waals surface area contributed by atoms with E-state index in [9.17, 15) is 9.18 Å².